The van der Waals surface area contributed by atoms with Crippen molar-refractivity contribution in [2.24, 2.45) is 0 Å². The van der Waals surface area contributed by atoms with Crippen LogP contribution in [0.4, 0.5) is 10.5 Å². The van der Waals surface area contributed by atoms with Gasteiger partial charge in [0.1, 0.15) is 12.2 Å². The summed E-state index contributed by atoms with van der Waals surface area (Å²) in [6.45, 7) is 10.0. The van der Waals surface area contributed by atoms with Gasteiger partial charge in [0.2, 0.25) is 0 Å². The molecule has 3 rings (SSSR count). The molecule has 1 fully saturated rings. The predicted octanol–water partition coefficient (Wildman–Crippen LogP) is 3.93. The lowest BCUT2D eigenvalue weighted by Gasteiger charge is -2.27. The zero-order chi connectivity index (χ0) is 22.5. The van der Waals surface area contributed by atoms with E-state index in [2.05, 4.69) is 11.9 Å². The second-order valence-corrected chi connectivity index (χ2v) is 6.97. The van der Waals surface area contributed by atoms with E-state index in [-0.39, 0.29) is 5.57 Å². The predicted molar refractivity (Wildman–Crippen MR) is 118 cm³/mol. The van der Waals surface area contributed by atoms with Gasteiger partial charge in [0.25, 0.3) is 11.8 Å². The number of hydrogen-bond acceptors (Lipinski definition) is 5. The smallest absolute Gasteiger partial charge is 0.335 e. The monoisotopic (exact) mass is 420 g/mol. The highest BCUT2D eigenvalue weighted by atomic mass is 16.5. The van der Waals surface area contributed by atoms with Crippen LogP contribution in [0.25, 0.3) is 6.08 Å². The first kappa shape index (κ1) is 21.8. The van der Waals surface area contributed by atoms with Crippen molar-refractivity contribution < 1.29 is 23.9 Å². The Labute approximate surface area is 181 Å². The van der Waals surface area contributed by atoms with Crippen molar-refractivity contribution >= 4 is 29.6 Å². The van der Waals surface area contributed by atoms with E-state index in [1.807, 2.05) is 26.8 Å². The number of benzene rings is 2. The summed E-state index contributed by atoms with van der Waals surface area (Å²) in [7, 11) is 0. The van der Waals surface area contributed by atoms with Gasteiger partial charge >= 0.3 is 6.03 Å². The van der Waals surface area contributed by atoms with Crippen LogP contribution in [0.2, 0.25) is 0 Å². The van der Waals surface area contributed by atoms with Gasteiger partial charge in [-0.3, -0.25) is 14.9 Å². The lowest BCUT2D eigenvalue weighted by molar-refractivity contribution is -0.122. The minimum absolute atomic E-state index is 0.153. The first-order valence-corrected chi connectivity index (χ1v) is 9.85. The highest BCUT2D eigenvalue weighted by molar-refractivity contribution is 6.39. The van der Waals surface area contributed by atoms with Crippen molar-refractivity contribution in [2.75, 3.05) is 18.1 Å². The molecule has 2 aromatic rings. The third-order valence-electron chi connectivity index (χ3n) is 4.79. The van der Waals surface area contributed by atoms with Crippen LogP contribution in [0.5, 0.6) is 11.5 Å². The maximum absolute atomic E-state index is 13.1. The van der Waals surface area contributed by atoms with E-state index in [9.17, 15) is 14.4 Å². The van der Waals surface area contributed by atoms with Crippen LogP contribution in [-0.2, 0) is 9.59 Å². The summed E-state index contributed by atoms with van der Waals surface area (Å²) in [4.78, 5) is 38.9. The number of urea groups is 1. The maximum atomic E-state index is 13.1. The molecule has 7 heteroatoms. The molecule has 2 aromatic carbocycles. The lowest BCUT2D eigenvalue weighted by Crippen LogP contribution is -2.54. The minimum Gasteiger partial charge on any atom is -0.490 e. The summed E-state index contributed by atoms with van der Waals surface area (Å²) in [5, 5.41) is 2.23. The molecular formula is C24H24N2O5. The largest absolute Gasteiger partial charge is 0.490 e. The number of amides is 4. The molecule has 0 spiro atoms. The van der Waals surface area contributed by atoms with Crippen molar-refractivity contribution in [1.29, 1.82) is 0 Å². The Kier molecular flexibility index (Phi) is 6.55. The summed E-state index contributed by atoms with van der Waals surface area (Å²) in [5.41, 5.74) is 2.76. The van der Waals surface area contributed by atoms with Gasteiger partial charge in [-0.25, -0.2) is 9.69 Å². The molecule has 0 aliphatic carbocycles. The fraction of sp³-hybridized carbons (Fsp3) is 0.208. The molecule has 0 atom stereocenters. The van der Waals surface area contributed by atoms with Crippen LogP contribution in [0.1, 0.15) is 23.6 Å². The number of barbiturate groups is 1. The second kappa shape index (κ2) is 9.30. The van der Waals surface area contributed by atoms with Crippen molar-refractivity contribution in [3.63, 3.8) is 0 Å². The first-order chi connectivity index (χ1) is 14.8. The Morgan fingerprint density at radius 3 is 2.45 bits per heavy atom. The number of nitrogens with one attached hydrogen (secondary N) is 1. The van der Waals surface area contributed by atoms with Crippen LogP contribution in [0, 0.1) is 13.8 Å². The number of carbonyl (C=O) groups excluding carboxylic acids is 3. The van der Waals surface area contributed by atoms with E-state index in [1.54, 1.807) is 36.4 Å². The number of ether oxygens (including phenoxy) is 2. The van der Waals surface area contributed by atoms with Gasteiger partial charge in [0.05, 0.1) is 12.3 Å². The van der Waals surface area contributed by atoms with Gasteiger partial charge in [-0.05, 0) is 67.8 Å². The molecule has 0 saturated carbocycles. The molecule has 31 heavy (non-hydrogen) atoms. The molecule has 1 heterocycles. The summed E-state index contributed by atoms with van der Waals surface area (Å²) in [6.07, 6.45) is 3.05. The zero-order valence-corrected chi connectivity index (χ0v) is 17.7. The molecule has 7 nitrogen and oxygen atoms in total. The Hall–Kier alpha value is -3.87. The van der Waals surface area contributed by atoms with Gasteiger partial charge < -0.3 is 9.47 Å². The van der Waals surface area contributed by atoms with Crippen molar-refractivity contribution in [1.82, 2.24) is 5.32 Å². The molecule has 160 valence electrons. The van der Waals surface area contributed by atoms with E-state index >= 15 is 0 Å². The standard InChI is InChI=1S/C24H24N2O5/c1-5-11-31-20-10-8-17(14-21(20)30-6-2)13-19-22(27)25-24(29)26(23(19)28)18-9-7-15(3)16(4)12-18/h5,7-10,12-14H,1,6,11H2,2-4H3,(H,25,27,29). The third kappa shape index (κ3) is 4.66. The molecule has 1 N–H and O–H groups in total. The lowest BCUT2D eigenvalue weighted by atomic mass is 10.0. The Bertz CT molecular complexity index is 1090. The zero-order valence-electron chi connectivity index (χ0n) is 17.7. The number of hydrogen-bond donors (Lipinski definition) is 1. The minimum atomic E-state index is -0.779. The SMILES string of the molecule is C=CCOc1ccc(C=C2C(=O)NC(=O)N(c3ccc(C)c(C)c3)C2=O)cc1OCC. The Morgan fingerprint density at radius 2 is 1.77 bits per heavy atom. The van der Waals surface area contributed by atoms with Gasteiger partial charge in [-0.1, -0.05) is 24.8 Å². The van der Waals surface area contributed by atoms with E-state index in [0.717, 1.165) is 16.0 Å². The van der Waals surface area contributed by atoms with Gasteiger partial charge in [-0.15, -0.1) is 0 Å². The quantitative estimate of drug-likeness (QED) is 0.417. The third-order valence-corrected chi connectivity index (χ3v) is 4.79. The van der Waals surface area contributed by atoms with Crippen LogP contribution >= 0.6 is 0 Å². The average Bonchev–Trinajstić information content (AvgIpc) is 2.73. The fourth-order valence-corrected chi connectivity index (χ4v) is 3.07. The Balaban J connectivity index is 1.98. The van der Waals surface area contributed by atoms with Gasteiger partial charge in [-0.2, -0.15) is 0 Å². The van der Waals surface area contributed by atoms with Crippen molar-refractivity contribution in [3.05, 3.63) is 71.3 Å². The molecule has 1 aliphatic rings. The van der Waals surface area contributed by atoms with Crippen LogP contribution in [-0.4, -0.2) is 31.1 Å². The molecule has 1 aliphatic heterocycles. The molecule has 0 aromatic heterocycles. The van der Waals surface area contributed by atoms with E-state index in [1.165, 1.54) is 6.08 Å². The molecule has 4 amide bonds. The summed E-state index contributed by atoms with van der Waals surface area (Å²) in [6, 6.07) is 9.52. The highest BCUT2D eigenvalue weighted by Crippen LogP contribution is 2.30. The van der Waals surface area contributed by atoms with Crippen molar-refractivity contribution in [3.8, 4) is 11.5 Å². The second-order valence-electron chi connectivity index (χ2n) is 6.97. The number of imide groups is 2. The number of anilines is 1. The summed E-state index contributed by atoms with van der Waals surface area (Å²) >= 11 is 0. The summed E-state index contributed by atoms with van der Waals surface area (Å²) < 4.78 is 11.2. The van der Waals surface area contributed by atoms with Gasteiger partial charge in [0, 0.05) is 0 Å². The van der Waals surface area contributed by atoms with Gasteiger partial charge in [0.15, 0.2) is 11.5 Å². The number of carbonyl (C=O) groups is 3. The van der Waals surface area contributed by atoms with E-state index in [4.69, 9.17) is 9.47 Å². The van der Waals surface area contributed by atoms with Crippen LogP contribution in [0.3, 0.4) is 0 Å². The first-order valence-electron chi connectivity index (χ1n) is 9.85. The maximum Gasteiger partial charge on any atom is 0.335 e. The van der Waals surface area contributed by atoms with E-state index < -0.39 is 17.8 Å². The van der Waals surface area contributed by atoms with Crippen LogP contribution in [0.15, 0.2) is 54.6 Å². The number of nitrogens with zero attached hydrogens (tertiary/aromatic N) is 1. The topological polar surface area (TPSA) is 84.9 Å². The van der Waals surface area contributed by atoms with Crippen LogP contribution < -0.4 is 19.7 Å². The molecule has 1 saturated heterocycles. The molecule has 0 radical (unpaired) electrons. The fourth-order valence-electron chi connectivity index (χ4n) is 3.07. The van der Waals surface area contributed by atoms with Crippen molar-refractivity contribution in [2.45, 2.75) is 20.8 Å². The molecule has 0 unspecified atom stereocenters. The number of rotatable bonds is 7. The Morgan fingerprint density at radius 1 is 1.00 bits per heavy atom. The molecule has 0 bridgehead atoms. The molecular weight excluding hydrogens is 396 g/mol. The highest BCUT2D eigenvalue weighted by Gasteiger charge is 2.36. The normalized spacial score (nSPS) is 15.1. The average molecular weight is 420 g/mol. The number of aryl methyl sites for hydroxylation is 2. The van der Waals surface area contributed by atoms with E-state index in [0.29, 0.717) is 36.0 Å². The summed E-state index contributed by atoms with van der Waals surface area (Å²) in [5.74, 6) is -0.443.